The molecule has 0 saturated heterocycles. The van der Waals surface area contributed by atoms with Crippen LogP contribution in [0.5, 0.6) is 17.2 Å². The van der Waals surface area contributed by atoms with Crippen LogP contribution in [-0.2, 0) is 4.79 Å². The number of hydrogen-bond acceptors (Lipinski definition) is 5. The van der Waals surface area contributed by atoms with Crippen molar-refractivity contribution in [3.8, 4) is 17.2 Å². The maximum absolute atomic E-state index is 11.7. The van der Waals surface area contributed by atoms with E-state index in [-0.39, 0.29) is 19.3 Å². The molecule has 24 heavy (non-hydrogen) atoms. The lowest BCUT2D eigenvalue weighted by Crippen LogP contribution is -2.24. The highest BCUT2D eigenvalue weighted by Crippen LogP contribution is 2.36. The molecule has 3 rings (SSSR count). The lowest BCUT2D eigenvalue weighted by molar-refractivity contribution is -0.123. The Balaban J connectivity index is 1.52. The minimum atomic E-state index is -0.372. The van der Waals surface area contributed by atoms with Gasteiger partial charge >= 0.3 is 0 Å². The zero-order valence-corrected chi connectivity index (χ0v) is 13.7. The fourth-order valence-electron chi connectivity index (χ4n) is 2.02. The zero-order chi connectivity index (χ0) is 16.9. The second kappa shape index (κ2) is 7.23. The van der Waals surface area contributed by atoms with Crippen molar-refractivity contribution in [3.63, 3.8) is 0 Å². The molecule has 7 heteroatoms. The van der Waals surface area contributed by atoms with Gasteiger partial charge in [-0.25, -0.2) is 5.43 Å². The van der Waals surface area contributed by atoms with Crippen molar-refractivity contribution < 1.29 is 19.0 Å². The van der Waals surface area contributed by atoms with Crippen LogP contribution in [0.15, 0.2) is 41.5 Å². The minimum absolute atomic E-state index is 0.130. The Morgan fingerprint density at radius 2 is 2.00 bits per heavy atom. The topological polar surface area (TPSA) is 69.2 Å². The Labute approximate surface area is 144 Å². The van der Waals surface area contributed by atoms with Crippen molar-refractivity contribution in [3.05, 3.63) is 52.5 Å². The van der Waals surface area contributed by atoms with E-state index in [1.54, 1.807) is 24.3 Å². The number of nitrogens with zero attached hydrogens (tertiary/aromatic N) is 1. The number of carbonyl (C=O) groups excluding carboxylic acids is 1. The third kappa shape index (κ3) is 3.97. The molecule has 2 aromatic carbocycles. The van der Waals surface area contributed by atoms with E-state index in [0.29, 0.717) is 27.8 Å². The number of nitrogens with one attached hydrogen (secondary N) is 1. The van der Waals surface area contributed by atoms with Gasteiger partial charge in [-0.2, -0.15) is 5.10 Å². The minimum Gasteiger partial charge on any atom is -0.484 e. The van der Waals surface area contributed by atoms with Crippen LogP contribution in [0, 0.1) is 6.92 Å². The Bertz CT molecular complexity index is 775. The first-order chi connectivity index (χ1) is 11.6. The largest absolute Gasteiger partial charge is 0.484 e. The number of fused-ring (bicyclic) bond motifs is 1. The number of hydrazone groups is 1. The van der Waals surface area contributed by atoms with Gasteiger partial charge in [0.05, 0.1) is 11.2 Å². The smallest absolute Gasteiger partial charge is 0.277 e. The molecule has 0 radical (unpaired) electrons. The van der Waals surface area contributed by atoms with Gasteiger partial charge in [0.15, 0.2) is 18.1 Å². The molecule has 0 atom stereocenters. The van der Waals surface area contributed by atoms with Crippen LogP contribution in [0.3, 0.4) is 0 Å². The molecule has 2 aromatic rings. The van der Waals surface area contributed by atoms with E-state index in [2.05, 4.69) is 10.5 Å². The summed E-state index contributed by atoms with van der Waals surface area (Å²) in [7, 11) is 0. The highest BCUT2D eigenvalue weighted by atomic mass is 35.5. The number of ether oxygens (including phenoxy) is 3. The first-order valence-corrected chi connectivity index (χ1v) is 7.60. The van der Waals surface area contributed by atoms with Crippen molar-refractivity contribution in [2.45, 2.75) is 6.92 Å². The summed E-state index contributed by atoms with van der Waals surface area (Å²) in [5, 5.41) is 4.32. The molecule has 124 valence electrons. The summed E-state index contributed by atoms with van der Waals surface area (Å²) in [4.78, 5) is 11.7. The highest BCUT2D eigenvalue weighted by molar-refractivity contribution is 6.33. The van der Waals surface area contributed by atoms with Gasteiger partial charge in [-0.3, -0.25) is 4.79 Å². The average molecular weight is 347 g/mol. The monoisotopic (exact) mass is 346 g/mol. The Morgan fingerprint density at radius 3 is 2.75 bits per heavy atom. The SMILES string of the molecule is Cc1ccc(OCC(=O)N/N=C/c2cc3c(cc2Cl)OCO3)cc1. The van der Waals surface area contributed by atoms with Gasteiger partial charge in [0.2, 0.25) is 6.79 Å². The molecule has 0 spiro atoms. The molecule has 1 aliphatic rings. The van der Waals surface area contributed by atoms with Gasteiger partial charge in [-0.05, 0) is 25.1 Å². The fourth-order valence-corrected chi connectivity index (χ4v) is 2.22. The van der Waals surface area contributed by atoms with Crippen LogP contribution in [0.1, 0.15) is 11.1 Å². The maximum Gasteiger partial charge on any atom is 0.277 e. The van der Waals surface area contributed by atoms with Crippen molar-refractivity contribution in [1.29, 1.82) is 0 Å². The fraction of sp³-hybridized carbons (Fsp3) is 0.176. The molecule has 6 nitrogen and oxygen atoms in total. The lowest BCUT2D eigenvalue weighted by Gasteiger charge is -2.05. The van der Waals surface area contributed by atoms with Crippen LogP contribution < -0.4 is 19.6 Å². The summed E-state index contributed by atoms with van der Waals surface area (Å²) in [5.41, 5.74) is 4.12. The summed E-state index contributed by atoms with van der Waals surface area (Å²) < 4.78 is 15.8. The molecule has 1 heterocycles. The normalized spacial score (nSPS) is 12.4. The van der Waals surface area contributed by atoms with Gasteiger partial charge < -0.3 is 14.2 Å². The summed E-state index contributed by atoms with van der Waals surface area (Å²) in [6, 6.07) is 10.8. The molecule has 0 fully saturated rings. The molecule has 0 bridgehead atoms. The van der Waals surface area contributed by atoms with Crippen LogP contribution in [0.25, 0.3) is 0 Å². The van der Waals surface area contributed by atoms with E-state index in [1.165, 1.54) is 6.21 Å². The molecule has 0 aromatic heterocycles. The van der Waals surface area contributed by atoms with Crippen LogP contribution in [-0.4, -0.2) is 25.5 Å². The summed E-state index contributed by atoms with van der Waals surface area (Å²) >= 11 is 6.11. The van der Waals surface area contributed by atoms with Crippen molar-refractivity contribution >= 4 is 23.7 Å². The van der Waals surface area contributed by atoms with E-state index in [0.717, 1.165) is 5.56 Å². The number of halogens is 1. The Morgan fingerprint density at radius 1 is 1.29 bits per heavy atom. The highest BCUT2D eigenvalue weighted by Gasteiger charge is 2.15. The third-order valence-corrected chi connectivity index (χ3v) is 3.60. The van der Waals surface area contributed by atoms with Gasteiger partial charge in [-0.15, -0.1) is 0 Å². The van der Waals surface area contributed by atoms with Crippen LogP contribution >= 0.6 is 11.6 Å². The summed E-state index contributed by atoms with van der Waals surface area (Å²) in [6.45, 7) is 2.01. The quantitative estimate of drug-likeness (QED) is 0.667. The van der Waals surface area contributed by atoms with Gasteiger partial charge in [-0.1, -0.05) is 29.3 Å². The summed E-state index contributed by atoms with van der Waals surface area (Å²) in [5.74, 6) is 1.44. The first-order valence-electron chi connectivity index (χ1n) is 7.22. The summed E-state index contributed by atoms with van der Waals surface area (Å²) in [6.07, 6.45) is 1.44. The maximum atomic E-state index is 11.7. The van der Waals surface area contributed by atoms with Crippen LogP contribution in [0.2, 0.25) is 5.02 Å². The van der Waals surface area contributed by atoms with Crippen molar-refractivity contribution in [1.82, 2.24) is 5.43 Å². The Hall–Kier alpha value is -2.73. The van der Waals surface area contributed by atoms with E-state index in [1.807, 2.05) is 19.1 Å². The van der Waals surface area contributed by atoms with E-state index in [9.17, 15) is 4.79 Å². The second-order valence-corrected chi connectivity index (χ2v) is 5.53. The molecular formula is C17H15ClN2O4. The molecule has 1 amide bonds. The number of amides is 1. The predicted octanol–water partition coefficient (Wildman–Crippen LogP) is 2.91. The number of aryl methyl sites for hydroxylation is 1. The number of hydrogen-bond donors (Lipinski definition) is 1. The molecule has 1 N–H and O–H groups in total. The average Bonchev–Trinajstić information content (AvgIpc) is 3.01. The number of rotatable bonds is 5. The second-order valence-electron chi connectivity index (χ2n) is 5.12. The van der Waals surface area contributed by atoms with E-state index >= 15 is 0 Å². The molecule has 1 aliphatic heterocycles. The number of carbonyl (C=O) groups is 1. The molecule has 0 aliphatic carbocycles. The van der Waals surface area contributed by atoms with Gasteiger partial charge in [0.1, 0.15) is 5.75 Å². The van der Waals surface area contributed by atoms with Crippen molar-refractivity contribution in [2.75, 3.05) is 13.4 Å². The molecule has 0 unspecified atom stereocenters. The first kappa shape index (κ1) is 16.1. The predicted molar refractivity (Wildman–Crippen MR) is 90.0 cm³/mol. The molecule has 0 saturated carbocycles. The van der Waals surface area contributed by atoms with Gasteiger partial charge in [0.25, 0.3) is 5.91 Å². The van der Waals surface area contributed by atoms with Crippen LogP contribution in [0.4, 0.5) is 0 Å². The molecular weight excluding hydrogens is 332 g/mol. The lowest BCUT2D eigenvalue weighted by atomic mass is 10.2. The van der Waals surface area contributed by atoms with Gasteiger partial charge in [0, 0.05) is 11.6 Å². The van der Waals surface area contributed by atoms with Crippen molar-refractivity contribution in [2.24, 2.45) is 5.10 Å². The Kier molecular flexibility index (Phi) is 4.86. The standard InChI is InChI=1S/C17H15ClN2O4/c1-11-2-4-13(5-3-11)22-9-17(21)20-19-8-12-6-15-16(7-14(12)18)24-10-23-15/h2-8H,9-10H2,1H3,(H,20,21)/b19-8+. The van der Waals surface area contributed by atoms with E-state index < -0.39 is 0 Å². The number of benzene rings is 2. The van der Waals surface area contributed by atoms with E-state index in [4.69, 9.17) is 25.8 Å². The third-order valence-electron chi connectivity index (χ3n) is 3.28. The zero-order valence-electron chi connectivity index (χ0n) is 12.9.